The number of amides is 1. The van der Waals surface area contributed by atoms with Gasteiger partial charge >= 0.3 is 0 Å². The lowest BCUT2D eigenvalue weighted by Gasteiger charge is -2.11. The Morgan fingerprint density at radius 2 is 2.12 bits per heavy atom. The summed E-state index contributed by atoms with van der Waals surface area (Å²) in [5, 5.41) is 2.91. The number of rotatable bonds is 7. The van der Waals surface area contributed by atoms with Crippen LogP contribution in [0.1, 0.15) is 22.3 Å². The maximum absolute atomic E-state index is 12.2. The second-order valence-electron chi connectivity index (χ2n) is 5.84. The van der Waals surface area contributed by atoms with E-state index in [1.54, 1.807) is 25.4 Å². The molecule has 1 aromatic carbocycles. The van der Waals surface area contributed by atoms with Crippen LogP contribution in [0.3, 0.4) is 0 Å². The molecule has 3 rings (SSSR count). The molecule has 2 aromatic rings. The minimum atomic E-state index is -0.121. The molecule has 6 heteroatoms. The van der Waals surface area contributed by atoms with Crippen LogP contribution in [0, 0.1) is 0 Å². The second kappa shape index (κ2) is 8.76. The van der Waals surface area contributed by atoms with Crippen LogP contribution in [0.15, 0.2) is 42.6 Å². The maximum Gasteiger partial charge on any atom is 0.252 e. The van der Waals surface area contributed by atoms with Gasteiger partial charge in [0, 0.05) is 24.6 Å². The number of methoxy groups -OCH3 is 1. The topological polar surface area (TPSA) is 60.5 Å². The van der Waals surface area contributed by atoms with E-state index in [1.165, 1.54) is 0 Å². The second-order valence-corrected chi connectivity index (χ2v) is 6.99. The number of aromatic nitrogens is 1. The number of pyridine rings is 1. The number of hydrogen-bond acceptors (Lipinski definition) is 5. The van der Waals surface area contributed by atoms with Crippen molar-refractivity contribution < 1.29 is 14.3 Å². The minimum absolute atomic E-state index is 0.121. The molecule has 0 spiro atoms. The molecule has 25 heavy (non-hydrogen) atoms. The predicted octanol–water partition coefficient (Wildman–Crippen LogP) is 2.95. The molecule has 1 aliphatic heterocycles. The largest absolute Gasteiger partial charge is 0.497 e. The average molecular weight is 358 g/mol. The average Bonchev–Trinajstić information content (AvgIpc) is 3.16. The first kappa shape index (κ1) is 17.6. The minimum Gasteiger partial charge on any atom is -0.497 e. The zero-order chi connectivity index (χ0) is 17.5. The number of thioether (sulfide) groups is 1. The Balaban J connectivity index is 1.45. The highest BCUT2D eigenvalue weighted by molar-refractivity contribution is 7.99. The van der Waals surface area contributed by atoms with Crippen LogP contribution >= 0.6 is 11.8 Å². The molecule has 0 bridgehead atoms. The molecular weight excluding hydrogens is 336 g/mol. The lowest BCUT2D eigenvalue weighted by atomic mass is 10.1. The van der Waals surface area contributed by atoms with Crippen molar-refractivity contribution in [3.05, 3.63) is 53.7 Å². The molecule has 1 saturated heterocycles. The van der Waals surface area contributed by atoms with Crippen LogP contribution in [-0.4, -0.2) is 42.2 Å². The highest BCUT2D eigenvalue weighted by Crippen LogP contribution is 2.22. The van der Waals surface area contributed by atoms with Gasteiger partial charge in [-0.3, -0.25) is 4.79 Å². The van der Waals surface area contributed by atoms with Gasteiger partial charge in [0.2, 0.25) is 5.88 Å². The summed E-state index contributed by atoms with van der Waals surface area (Å²) >= 11 is 1.89. The first-order valence-electron chi connectivity index (χ1n) is 8.36. The number of hydrogen-bond donors (Lipinski definition) is 1. The Morgan fingerprint density at radius 3 is 2.76 bits per heavy atom. The van der Waals surface area contributed by atoms with E-state index in [4.69, 9.17) is 9.47 Å². The normalized spacial score (nSPS) is 16.4. The van der Waals surface area contributed by atoms with Gasteiger partial charge in [0.05, 0.1) is 12.7 Å². The summed E-state index contributed by atoms with van der Waals surface area (Å²) in [7, 11) is 1.65. The Kier molecular flexibility index (Phi) is 6.17. The third-order valence-corrected chi connectivity index (χ3v) is 5.16. The molecule has 132 valence electrons. The quantitative estimate of drug-likeness (QED) is 0.825. The van der Waals surface area contributed by atoms with Gasteiger partial charge in [0.1, 0.15) is 11.9 Å². The summed E-state index contributed by atoms with van der Waals surface area (Å²) in [6, 6.07) is 11.4. The van der Waals surface area contributed by atoms with Crippen molar-refractivity contribution in [2.45, 2.75) is 18.9 Å². The van der Waals surface area contributed by atoms with Crippen LogP contribution in [0.25, 0.3) is 0 Å². The van der Waals surface area contributed by atoms with Gasteiger partial charge < -0.3 is 14.8 Å². The van der Waals surface area contributed by atoms with Crippen molar-refractivity contribution in [1.29, 1.82) is 0 Å². The van der Waals surface area contributed by atoms with Gasteiger partial charge in [0.15, 0.2) is 0 Å². The van der Waals surface area contributed by atoms with Crippen molar-refractivity contribution >= 4 is 17.7 Å². The van der Waals surface area contributed by atoms with Crippen LogP contribution < -0.4 is 14.8 Å². The lowest BCUT2D eigenvalue weighted by molar-refractivity contribution is 0.0953. The van der Waals surface area contributed by atoms with E-state index >= 15 is 0 Å². The van der Waals surface area contributed by atoms with Crippen molar-refractivity contribution in [2.75, 3.05) is 25.2 Å². The van der Waals surface area contributed by atoms with Crippen molar-refractivity contribution in [3.8, 4) is 11.6 Å². The molecule has 1 aromatic heterocycles. The Labute approximate surface area is 152 Å². The van der Waals surface area contributed by atoms with Crippen LogP contribution in [0.5, 0.6) is 11.6 Å². The van der Waals surface area contributed by atoms with E-state index in [9.17, 15) is 4.79 Å². The summed E-state index contributed by atoms with van der Waals surface area (Å²) in [4.78, 5) is 16.4. The predicted molar refractivity (Wildman–Crippen MR) is 99.6 cm³/mol. The van der Waals surface area contributed by atoms with Crippen LogP contribution in [0.2, 0.25) is 0 Å². The number of nitrogens with one attached hydrogen (secondary N) is 1. The zero-order valence-electron chi connectivity index (χ0n) is 14.2. The van der Waals surface area contributed by atoms with Gasteiger partial charge in [-0.15, -0.1) is 0 Å². The Bertz CT molecular complexity index is 683. The molecule has 5 nitrogen and oxygen atoms in total. The highest BCUT2D eigenvalue weighted by Gasteiger charge is 2.17. The fourth-order valence-electron chi connectivity index (χ4n) is 2.58. The van der Waals surface area contributed by atoms with Crippen LogP contribution in [-0.2, 0) is 6.42 Å². The van der Waals surface area contributed by atoms with Gasteiger partial charge in [-0.1, -0.05) is 12.1 Å². The number of carbonyl (C=O) groups excluding carboxylic acids is 1. The summed E-state index contributed by atoms with van der Waals surface area (Å²) in [6.07, 6.45) is 3.63. The third kappa shape index (κ3) is 5.13. The van der Waals surface area contributed by atoms with E-state index in [2.05, 4.69) is 10.3 Å². The molecule has 1 N–H and O–H groups in total. The lowest BCUT2D eigenvalue weighted by Crippen LogP contribution is -2.25. The van der Waals surface area contributed by atoms with Gasteiger partial charge in [0.25, 0.3) is 5.91 Å². The molecule has 0 aliphatic carbocycles. The molecular formula is C19H22N2O3S. The van der Waals surface area contributed by atoms with Crippen molar-refractivity contribution in [2.24, 2.45) is 0 Å². The van der Waals surface area contributed by atoms with Gasteiger partial charge in [-0.2, -0.15) is 11.8 Å². The smallest absolute Gasteiger partial charge is 0.252 e. The standard InChI is InChI=1S/C19H22N2O3S/c1-23-16-5-2-14(3-6-16)8-10-20-19(22)15-4-7-18(21-12-15)24-17-9-11-25-13-17/h2-7,12,17H,8-11,13H2,1H3,(H,20,22). The van der Waals surface area contributed by atoms with E-state index in [0.29, 0.717) is 18.0 Å². The number of ether oxygens (including phenoxy) is 2. The van der Waals surface area contributed by atoms with E-state index in [-0.39, 0.29) is 12.0 Å². The molecule has 2 heterocycles. The number of benzene rings is 1. The fraction of sp³-hybridized carbons (Fsp3) is 0.368. The Hall–Kier alpha value is -2.21. The van der Waals surface area contributed by atoms with Crippen LogP contribution in [0.4, 0.5) is 0 Å². The first-order chi connectivity index (χ1) is 12.2. The molecule has 0 saturated carbocycles. The van der Waals surface area contributed by atoms with E-state index in [1.807, 2.05) is 36.0 Å². The van der Waals surface area contributed by atoms with Crippen molar-refractivity contribution in [1.82, 2.24) is 10.3 Å². The SMILES string of the molecule is COc1ccc(CCNC(=O)c2ccc(OC3CCSC3)nc2)cc1. The molecule has 1 unspecified atom stereocenters. The monoisotopic (exact) mass is 358 g/mol. The number of nitrogens with zero attached hydrogens (tertiary/aromatic N) is 1. The maximum atomic E-state index is 12.2. The fourth-order valence-corrected chi connectivity index (χ4v) is 3.67. The summed E-state index contributed by atoms with van der Waals surface area (Å²) in [6.45, 7) is 0.572. The molecule has 1 amide bonds. The van der Waals surface area contributed by atoms with E-state index in [0.717, 1.165) is 35.7 Å². The molecule has 1 aliphatic rings. The summed E-state index contributed by atoms with van der Waals surface area (Å²) < 4.78 is 10.9. The molecule has 0 radical (unpaired) electrons. The number of carbonyl (C=O) groups is 1. The summed E-state index contributed by atoms with van der Waals surface area (Å²) in [5.74, 6) is 3.44. The Morgan fingerprint density at radius 1 is 1.28 bits per heavy atom. The highest BCUT2D eigenvalue weighted by atomic mass is 32.2. The van der Waals surface area contributed by atoms with Gasteiger partial charge in [-0.25, -0.2) is 4.98 Å². The molecule has 1 atom stereocenters. The van der Waals surface area contributed by atoms with Crippen molar-refractivity contribution in [3.63, 3.8) is 0 Å². The first-order valence-corrected chi connectivity index (χ1v) is 9.51. The zero-order valence-corrected chi connectivity index (χ0v) is 15.1. The van der Waals surface area contributed by atoms with Gasteiger partial charge in [-0.05, 0) is 42.4 Å². The molecule has 1 fully saturated rings. The third-order valence-electron chi connectivity index (χ3n) is 4.03. The summed E-state index contributed by atoms with van der Waals surface area (Å²) in [5.41, 5.74) is 1.69. The van der Waals surface area contributed by atoms with E-state index < -0.39 is 0 Å².